The van der Waals surface area contributed by atoms with Gasteiger partial charge < -0.3 is 5.32 Å². The average Bonchev–Trinajstić information content (AvgIpc) is 2.21. The summed E-state index contributed by atoms with van der Waals surface area (Å²) in [6.45, 7) is 8.95. The lowest BCUT2D eigenvalue weighted by Crippen LogP contribution is -2.54. The van der Waals surface area contributed by atoms with Crippen molar-refractivity contribution in [3.8, 4) is 0 Å². The molecule has 3 heteroatoms. The minimum absolute atomic E-state index is 0.160. The third-order valence-corrected chi connectivity index (χ3v) is 4.74. The maximum Gasteiger partial charge on any atom is 0.223 e. The first-order valence-corrected chi connectivity index (χ1v) is 7.64. The van der Waals surface area contributed by atoms with Crippen molar-refractivity contribution in [3.63, 3.8) is 0 Å². The molecular formula is C16H27NO2. The molecule has 108 valence electrons. The highest BCUT2D eigenvalue weighted by Gasteiger charge is 2.56. The van der Waals surface area contributed by atoms with Crippen LogP contribution in [-0.2, 0) is 9.59 Å². The molecule has 0 atom stereocenters. The molecule has 2 aliphatic carbocycles. The first-order valence-electron chi connectivity index (χ1n) is 7.64. The molecule has 0 aromatic rings. The van der Waals surface area contributed by atoms with E-state index in [4.69, 9.17) is 0 Å². The number of Topliss-reactive ketones (excluding diaryl/α,β-unsaturated/α-hetero) is 1. The van der Waals surface area contributed by atoms with Crippen molar-refractivity contribution in [2.24, 2.45) is 29.1 Å². The summed E-state index contributed by atoms with van der Waals surface area (Å²) in [5, 5.41) is 3.02. The first-order chi connectivity index (χ1) is 8.83. The van der Waals surface area contributed by atoms with E-state index in [0.29, 0.717) is 17.1 Å². The fraction of sp³-hybridized carbons (Fsp3) is 0.875. The van der Waals surface area contributed by atoms with Gasteiger partial charge in [-0.15, -0.1) is 0 Å². The Bertz CT molecular complexity index is 359. The van der Waals surface area contributed by atoms with Gasteiger partial charge >= 0.3 is 0 Å². The van der Waals surface area contributed by atoms with Crippen LogP contribution in [0.1, 0.15) is 53.4 Å². The molecule has 2 fully saturated rings. The van der Waals surface area contributed by atoms with Crippen molar-refractivity contribution in [1.29, 1.82) is 0 Å². The predicted octanol–water partition coefficient (Wildman–Crippen LogP) is 2.79. The molecule has 0 heterocycles. The Morgan fingerprint density at radius 2 is 1.58 bits per heavy atom. The van der Waals surface area contributed by atoms with Gasteiger partial charge in [0.2, 0.25) is 5.91 Å². The summed E-state index contributed by atoms with van der Waals surface area (Å²) in [5.41, 5.74) is 0.342. The molecule has 2 saturated carbocycles. The molecule has 1 spiro atoms. The molecule has 0 bridgehead atoms. The minimum atomic E-state index is 0.160. The molecule has 19 heavy (non-hydrogen) atoms. The van der Waals surface area contributed by atoms with Crippen LogP contribution in [0.15, 0.2) is 0 Å². The molecule has 1 amide bonds. The third-order valence-electron chi connectivity index (χ3n) is 4.74. The van der Waals surface area contributed by atoms with Gasteiger partial charge in [-0.05, 0) is 37.0 Å². The van der Waals surface area contributed by atoms with E-state index < -0.39 is 0 Å². The highest BCUT2D eigenvalue weighted by atomic mass is 16.2. The van der Waals surface area contributed by atoms with Gasteiger partial charge in [0.15, 0.2) is 0 Å². The number of ketones is 1. The summed E-state index contributed by atoms with van der Waals surface area (Å²) >= 11 is 0. The van der Waals surface area contributed by atoms with E-state index in [2.05, 4.69) is 19.2 Å². The number of amides is 1. The lowest BCUT2D eigenvalue weighted by molar-refractivity contribution is -0.149. The Morgan fingerprint density at radius 3 is 2.05 bits per heavy atom. The van der Waals surface area contributed by atoms with Crippen LogP contribution in [0.3, 0.4) is 0 Å². The van der Waals surface area contributed by atoms with E-state index in [1.807, 2.05) is 13.8 Å². The van der Waals surface area contributed by atoms with E-state index in [-0.39, 0.29) is 23.7 Å². The van der Waals surface area contributed by atoms with Gasteiger partial charge in [0.05, 0.1) is 0 Å². The van der Waals surface area contributed by atoms with E-state index in [0.717, 1.165) is 32.2 Å². The summed E-state index contributed by atoms with van der Waals surface area (Å²) in [7, 11) is 0. The minimum Gasteiger partial charge on any atom is -0.356 e. The zero-order valence-corrected chi connectivity index (χ0v) is 12.7. The molecule has 3 nitrogen and oxygen atoms in total. The number of carbonyl (C=O) groups excluding carboxylic acids is 2. The highest BCUT2D eigenvalue weighted by Crippen LogP contribution is 2.61. The van der Waals surface area contributed by atoms with Crippen molar-refractivity contribution < 1.29 is 9.59 Å². The zero-order chi connectivity index (χ0) is 14.2. The van der Waals surface area contributed by atoms with Gasteiger partial charge in [-0.3, -0.25) is 9.59 Å². The van der Waals surface area contributed by atoms with Crippen LogP contribution in [0.4, 0.5) is 0 Å². The standard InChI is InChI=1S/C16H27NO2/c1-10(2)9-17-15(19)13-7-16(8-13)5-12(6-16)14(18)11(3)4/h10-13H,5-9H2,1-4H3,(H,17,19). The maximum absolute atomic E-state index is 11.9. The van der Waals surface area contributed by atoms with Crippen LogP contribution in [0.25, 0.3) is 0 Å². The molecule has 0 aromatic heterocycles. The first kappa shape index (κ1) is 14.5. The Kier molecular flexibility index (Phi) is 4.03. The number of carbonyl (C=O) groups is 2. The van der Waals surface area contributed by atoms with Crippen molar-refractivity contribution >= 4 is 11.7 Å². The van der Waals surface area contributed by atoms with Gasteiger partial charge in [-0.2, -0.15) is 0 Å². The molecule has 2 aliphatic rings. The summed E-state index contributed by atoms with van der Waals surface area (Å²) in [4.78, 5) is 23.8. The fourth-order valence-corrected chi connectivity index (χ4v) is 3.61. The summed E-state index contributed by atoms with van der Waals surface area (Å²) in [6, 6.07) is 0. The Labute approximate surface area is 116 Å². The number of hydrogen-bond acceptors (Lipinski definition) is 2. The fourth-order valence-electron chi connectivity index (χ4n) is 3.61. The Hall–Kier alpha value is -0.860. The molecule has 1 N–H and O–H groups in total. The van der Waals surface area contributed by atoms with Crippen molar-refractivity contribution in [2.75, 3.05) is 6.54 Å². The van der Waals surface area contributed by atoms with Gasteiger partial charge in [0.1, 0.15) is 5.78 Å². The van der Waals surface area contributed by atoms with Crippen LogP contribution in [0.2, 0.25) is 0 Å². The smallest absolute Gasteiger partial charge is 0.223 e. The van der Waals surface area contributed by atoms with Crippen molar-refractivity contribution in [1.82, 2.24) is 5.32 Å². The molecular weight excluding hydrogens is 238 g/mol. The van der Waals surface area contributed by atoms with E-state index in [1.165, 1.54) is 0 Å². The number of hydrogen-bond donors (Lipinski definition) is 1. The number of nitrogens with one attached hydrogen (secondary N) is 1. The SMILES string of the molecule is CC(C)CNC(=O)C1CC2(C1)CC(C(=O)C(C)C)C2. The summed E-state index contributed by atoms with van der Waals surface area (Å²) in [5.74, 6) is 1.78. The monoisotopic (exact) mass is 265 g/mol. The van der Waals surface area contributed by atoms with Gasteiger partial charge in [-0.25, -0.2) is 0 Å². The van der Waals surface area contributed by atoms with Gasteiger partial charge in [0.25, 0.3) is 0 Å². The number of rotatable bonds is 5. The van der Waals surface area contributed by atoms with Crippen LogP contribution in [-0.4, -0.2) is 18.2 Å². The summed E-state index contributed by atoms with van der Waals surface area (Å²) in [6.07, 6.45) is 4.05. The maximum atomic E-state index is 11.9. The van der Waals surface area contributed by atoms with Crippen LogP contribution >= 0.6 is 0 Å². The Morgan fingerprint density at radius 1 is 1.05 bits per heavy atom. The average molecular weight is 265 g/mol. The molecule has 0 aliphatic heterocycles. The quantitative estimate of drug-likeness (QED) is 0.831. The molecule has 0 unspecified atom stereocenters. The molecule has 0 radical (unpaired) electrons. The second-order valence-electron chi connectivity index (χ2n) is 7.41. The van der Waals surface area contributed by atoms with Crippen molar-refractivity contribution in [3.05, 3.63) is 0 Å². The lowest BCUT2D eigenvalue weighted by Gasteiger charge is -2.57. The van der Waals surface area contributed by atoms with E-state index in [9.17, 15) is 9.59 Å². The second-order valence-corrected chi connectivity index (χ2v) is 7.41. The van der Waals surface area contributed by atoms with Gasteiger partial charge in [-0.1, -0.05) is 27.7 Å². The highest BCUT2D eigenvalue weighted by molar-refractivity contribution is 5.84. The van der Waals surface area contributed by atoms with Crippen LogP contribution < -0.4 is 5.32 Å². The Balaban J connectivity index is 1.70. The molecule has 0 saturated heterocycles. The normalized spacial score (nSPS) is 33.2. The zero-order valence-electron chi connectivity index (χ0n) is 12.7. The lowest BCUT2D eigenvalue weighted by atomic mass is 9.47. The largest absolute Gasteiger partial charge is 0.356 e. The summed E-state index contributed by atoms with van der Waals surface area (Å²) < 4.78 is 0. The topological polar surface area (TPSA) is 46.2 Å². The van der Waals surface area contributed by atoms with E-state index in [1.54, 1.807) is 0 Å². The third kappa shape index (κ3) is 3.01. The second kappa shape index (κ2) is 5.26. The van der Waals surface area contributed by atoms with Crippen LogP contribution in [0, 0.1) is 29.1 Å². The molecule has 2 rings (SSSR count). The van der Waals surface area contributed by atoms with Crippen molar-refractivity contribution in [2.45, 2.75) is 53.4 Å². The molecule has 0 aromatic carbocycles. The van der Waals surface area contributed by atoms with Crippen LogP contribution in [0.5, 0.6) is 0 Å². The van der Waals surface area contributed by atoms with E-state index >= 15 is 0 Å². The van der Waals surface area contributed by atoms with Gasteiger partial charge in [0, 0.05) is 24.3 Å². The predicted molar refractivity (Wildman–Crippen MR) is 75.6 cm³/mol.